The van der Waals surface area contributed by atoms with Gasteiger partial charge in [-0.05, 0) is 24.1 Å². The SMILES string of the molecule is Fc1ccc(C2(CCCl)COC2)cc1Cl. The van der Waals surface area contributed by atoms with E-state index in [1.807, 2.05) is 0 Å². The van der Waals surface area contributed by atoms with Gasteiger partial charge < -0.3 is 4.74 Å². The number of hydrogen-bond donors (Lipinski definition) is 0. The monoisotopic (exact) mass is 248 g/mol. The second-order valence-corrected chi connectivity index (χ2v) is 4.63. The molecule has 0 unspecified atom stereocenters. The first-order chi connectivity index (χ1) is 7.18. The minimum atomic E-state index is -0.387. The highest BCUT2D eigenvalue weighted by atomic mass is 35.5. The Morgan fingerprint density at radius 1 is 1.40 bits per heavy atom. The van der Waals surface area contributed by atoms with Crippen molar-refractivity contribution < 1.29 is 9.13 Å². The maximum Gasteiger partial charge on any atom is 0.141 e. The van der Waals surface area contributed by atoms with Crippen LogP contribution >= 0.6 is 23.2 Å². The summed E-state index contributed by atoms with van der Waals surface area (Å²) in [5, 5.41) is 0.161. The molecule has 1 heterocycles. The van der Waals surface area contributed by atoms with Crippen molar-refractivity contribution in [3.63, 3.8) is 0 Å². The van der Waals surface area contributed by atoms with Crippen LogP contribution in [0.1, 0.15) is 12.0 Å². The first-order valence-electron chi connectivity index (χ1n) is 4.77. The molecule has 0 amide bonds. The molecule has 1 aromatic carbocycles. The summed E-state index contributed by atoms with van der Waals surface area (Å²) in [6.45, 7) is 1.28. The van der Waals surface area contributed by atoms with Crippen molar-refractivity contribution in [1.29, 1.82) is 0 Å². The molecular weight excluding hydrogens is 238 g/mol. The van der Waals surface area contributed by atoms with E-state index in [9.17, 15) is 4.39 Å². The van der Waals surface area contributed by atoms with Crippen LogP contribution in [0.2, 0.25) is 5.02 Å². The number of hydrogen-bond acceptors (Lipinski definition) is 1. The summed E-state index contributed by atoms with van der Waals surface area (Å²) in [6, 6.07) is 4.83. The number of halogens is 3. The summed E-state index contributed by atoms with van der Waals surface area (Å²) in [4.78, 5) is 0. The lowest BCUT2D eigenvalue weighted by molar-refractivity contribution is -0.0615. The predicted molar refractivity (Wildman–Crippen MR) is 59.2 cm³/mol. The third-order valence-corrected chi connectivity index (χ3v) is 3.34. The van der Waals surface area contributed by atoms with E-state index in [2.05, 4.69) is 0 Å². The molecular formula is C11H11Cl2FO. The second kappa shape index (κ2) is 4.28. The molecule has 2 rings (SSSR count). The van der Waals surface area contributed by atoms with Crippen LogP contribution in [-0.2, 0) is 10.2 Å². The van der Waals surface area contributed by atoms with Crippen LogP contribution in [0.4, 0.5) is 4.39 Å². The molecule has 0 radical (unpaired) electrons. The number of rotatable bonds is 3. The maximum atomic E-state index is 13.0. The minimum Gasteiger partial charge on any atom is -0.379 e. The fourth-order valence-corrected chi connectivity index (χ4v) is 2.35. The molecule has 0 N–H and O–H groups in total. The Labute approximate surface area is 98.1 Å². The molecule has 0 bridgehead atoms. The molecule has 15 heavy (non-hydrogen) atoms. The normalized spacial score (nSPS) is 18.6. The lowest BCUT2D eigenvalue weighted by Gasteiger charge is -2.41. The molecule has 1 saturated heterocycles. The Morgan fingerprint density at radius 2 is 2.13 bits per heavy atom. The first kappa shape index (κ1) is 11.2. The van der Waals surface area contributed by atoms with Crippen LogP contribution < -0.4 is 0 Å². The van der Waals surface area contributed by atoms with Gasteiger partial charge in [-0.15, -0.1) is 11.6 Å². The van der Waals surface area contributed by atoms with Gasteiger partial charge in [0, 0.05) is 11.3 Å². The Morgan fingerprint density at radius 3 is 2.60 bits per heavy atom. The Bertz CT molecular complexity index is 364. The molecule has 0 saturated carbocycles. The number of ether oxygens (including phenoxy) is 1. The van der Waals surface area contributed by atoms with E-state index in [-0.39, 0.29) is 16.3 Å². The highest BCUT2D eigenvalue weighted by Crippen LogP contribution is 2.37. The van der Waals surface area contributed by atoms with Crippen molar-refractivity contribution >= 4 is 23.2 Å². The molecule has 0 aromatic heterocycles. The molecule has 82 valence electrons. The van der Waals surface area contributed by atoms with E-state index in [1.54, 1.807) is 12.1 Å². The van der Waals surface area contributed by atoms with E-state index in [4.69, 9.17) is 27.9 Å². The van der Waals surface area contributed by atoms with Gasteiger partial charge in [-0.2, -0.15) is 0 Å². The highest BCUT2D eigenvalue weighted by molar-refractivity contribution is 6.30. The molecule has 1 fully saturated rings. The van der Waals surface area contributed by atoms with E-state index in [1.165, 1.54) is 6.07 Å². The van der Waals surface area contributed by atoms with Gasteiger partial charge in [0.1, 0.15) is 5.82 Å². The molecule has 4 heteroatoms. The lowest BCUT2D eigenvalue weighted by atomic mass is 9.76. The third-order valence-electron chi connectivity index (χ3n) is 2.86. The van der Waals surface area contributed by atoms with Gasteiger partial charge in [-0.25, -0.2) is 4.39 Å². The quantitative estimate of drug-likeness (QED) is 0.746. The number of alkyl halides is 1. The van der Waals surface area contributed by atoms with Crippen molar-refractivity contribution in [2.45, 2.75) is 11.8 Å². The summed E-state index contributed by atoms with van der Waals surface area (Å²) in [6.07, 6.45) is 0.830. The predicted octanol–water partition coefficient (Wildman–Crippen LogP) is 3.38. The lowest BCUT2D eigenvalue weighted by Crippen LogP contribution is -2.47. The number of benzene rings is 1. The third kappa shape index (κ3) is 1.99. The Balaban J connectivity index is 2.30. The van der Waals surface area contributed by atoms with Crippen molar-refractivity contribution in [1.82, 2.24) is 0 Å². The fourth-order valence-electron chi connectivity index (χ4n) is 1.81. The summed E-state index contributed by atoms with van der Waals surface area (Å²) in [5.41, 5.74) is 0.958. The van der Waals surface area contributed by atoms with Gasteiger partial charge in [0.15, 0.2) is 0 Å². The first-order valence-corrected chi connectivity index (χ1v) is 5.68. The van der Waals surface area contributed by atoms with Crippen LogP contribution in [0, 0.1) is 5.82 Å². The highest BCUT2D eigenvalue weighted by Gasteiger charge is 2.39. The molecule has 1 aromatic rings. The molecule has 1 aliphatic rings. The van der Waals surface area contributed by atoms with Crippen LogP contribution in [-0.4, -0.2) is 19.1 Å². The zero-order valence-corrected chi connectivity index (χ0v) is 9.61. The Hall–Kier alpha value is -0.310. The second-order valence-electron chi connectivity index (χ2n) is 3.84. The summed E-state index contributed by atoms with van der Waals surface area (Å²) < 4.78 is 18.2. The Kier molecular flexibility index (Phi) is 3.19. The zero-order chi connectivity index (χ0) is 10.9. The average molecular weight is 249 g/mol. The van der Waals surface area contributed by atoms with Gasteiger partial charge in [-0.1, -0.05) is 17.7 Å². The molecule has 0 spiro atoms. The van der Waals surface area contributed by atoms with Gasteiger partial charge >= 0.3 is 0 Å². The minimum absolute atomic E-state index is 0.0565. The topological polar surface area (TPSA) is 9.23 Å². The van der Waals surface area contributed by atoms with Crippen LogP contribution in [0.3, 0.4) is 0 Å². The van der Waals surface area contributed by atoms with Crippen LogP contribution in [0.5, 0.6) is 0 Å². The maximum absolute atomic E-state index is 13.0. The largest absolute Gasteiger partial charge is 0.379 e. The molecule has 0 atom stereocenters. The fraction of sp³-hybridized carbons (Fsp3) is 0.455. The molecule has 1 aliphatic heterocycles. The van der Waals surface area contributed by atoms with E-state index in [0.29, 0.717) is 19.1 Å². The standard InChI is InChI=1S/C11H11Cl2FO/c12-4-3-11(6-15-7-11)8-1-2-10(14)9(13)5-8/h1-2,5H,3-4,6-7H2. The average Bonchev–Trinajstić information content (AvgIpc) is 2.16. The van der Waals surface area contributed by atoms with Crippen molar-refractivity contribution in [3.8, 4) is 0 Å². The zero-order valence-electron chi connectivity index (χ0n) is 8.10. The van der Waals surface area contributed by atoms with Gasteiger partial charge in [-0.3, -0.25) is 0 Å². The van der Waals surface area contributed by atoms with Crippen molar-refractivity contribution in [2.75, 3.05) is 19.1 Å². The van der Waals surface area contributed by atoms with E-state index in [0.717, 1.165) is 12.0 Å². The van der Waals surface area contributed by atoms with Crippen molar-refractivity contribution in [3.05, 3.63) is 34.6 Å². The summed E-state index contributed by atoms with van der Waals surface area (Å²) in [5.74, 6) is 0.180. The summed E-state index contributed by atoms with van der Waals surface area (Å²) in [7, 11) is 0. The van der Waals surface area contributed by atoms with Gasteiger partial charge in [0.25, 0.3) is 0 Å². The van der Waals surface area contributed by atoms with E-state index >= 15 is 0 Å². The smallest absolute Gasteiger partial charge is 0.141 e. The summed E-state index contributed by atoms with van der Waals surface area (Å²) >= 11 is 11.5. The van der Waals surface area contributed by atoms with Gasteiger partial charge in [0.05, 0.1) is 18.2 Å². The van der Waals surface area contributed by atoms with Crippen LogP contribution in [0.25, 0.3) is 0 Å². The molecule has 1 nitrogen and oxygen atoms in total. The van der Waals surface area contributed by atoms with Crippen molar-refractivity contribution in [2.24, 2.45) is 0 Å². The molecule has 0 aliphatic carbocycles. The van der Waals surface area contributed by atoms with Gasteiger partial charge in [0.2, 0.25) is 0 Å². The van der Waals surface area contributed by atoms with E-state index < -0.39 is 0 Å². The van der Waals surface area contributed by atoms with Crippen LogP contribution in [0.15, 0.2) is 18.2 Å².